The van der Waals surface area contributed by atoms with E-state index in [0.29, 0.717) is 17.0 Å². The van der Waals surface area contributed by atoms with Gasteiger partial charge < -0.3 is 10.2 Å². The van der Waals surface area contributed by atoms with Crippen LogP contribution in [0.1, 0.15) is 31.1 Å². The highest BCUT2D eigenvalue weighted by Gasteiger charge is 2.11. The van der Waals surface area contributed by atoms with Gasteiger partial charge in [-0.15, -0.1) is 0 Å². The van der Waals surface area contributed by atoms with Crippen molar-refractivity contribution >= 4 is 45.7 Å². The van der Waals surface area contributed by atoms with E-state index in [9.17, 15) is 9.59 Å². The highest BCUT2D eigenvalue weighted by Crippen LogP contribution is 2.15. The van der Waals surface area contributed by atoms with Crippen LogP contribution in [0.15, 0.2) is 24.3 Å². The molecule has 0 aromatic heterocycles. The molecule has 1 N–H and O–H groups in total. The van der Waals surface area contributed by atoms with Crippen molar-refractivity contribution in [1.82, 2.24) is 4.90 Å². The minimum Gasteiger partial charge on any atom is -0.358 e. The number of nitrogens with zero attached hydrogens (tertiary/aromatic N) is 1. The average molecular weight is 324 g/mol. The molecule has 0 radical (unpaired) electrons. The molecule has 0 bridgehead atoms. The van der Waals surface area contributed by atoms with Gasteiger partial charge in [0.1, 0.15) is 4.32 Å². The maximum absolute atomic E-state index is 12.1. The molecule has 1 aromatic carbocycles. The highest BCUT2D eigenvalue weighted by atomic mass is 32.2. The van der Waals surface area contributed by atoms with Crippen molar-refractivity contribution in [2.45, 2.75) is 20.8 Å². The summed E-state index contributed by atoms with van der Waals surface area (Å²) in [6, 6.07) is 6.88. The number of ketones is 1. The Morgan fingerprint density at radius 1 is 1.19 bits per heavy atom. The van der Waals surface area contributed by atoms with E-state index in [-0.39, 0.29) is 11.7 Å². The average Bonchev–Trinajstić information content (AvgIpc) is 2.46. The second kappa shape index (κ2) is 8.79. The van der Waals surface area contributed by atoms with Gasteiger partial charge in [-0.1, -0.05) is 24.0 Å². The SMILES string of the molecule is CCN(CC)C(=S)SCC(=O)c1ccc(NC(C)=O)cc1. The van der Waals surface area contributed by atoms with E-state index in [1.165, 1.54) is 18.7 Å². The van der Waals surface area contributed by atoms with Gasteiger partial charge in [0.2, 0.25) is 5.91 Å². The first kappa shape index (κ1) is 17.7. The zero-order valence-corrected chi connectivity index (χ0v) is 14.1. The van der Waals surface area contributed by atoms with E-state index >= 15 is 0 Å². The van der Waals surface area contributed by atoms with Crippen LogP contribution in [0.3, 0.4) is 0 Å². The van der Waals surface area contributed by atoms with Crippen molar-refractivity contribution in [3.63, 3.8) is 0 Å². The molecule has 0 saturated carbocycles. The number of hydrogen-bond acceptors (Lipinski definition) is 4. The molecule has 1 rings (SSSR count). The molecular formula is C15H20N2O2S2. The summed E-state index contributed by atoms with van der Waals surface area (Å²) in [6.07, 6.45) is 0. The van der Waals surface area contributed by atoms with Gasteiger partial charge in [-0.05, 0) is 38.1 Å². The van der Waals surface area contributed by atoms with E-state index in [0.717, 1.165) is 17.4 Å². The van der Waals surface area contributed by atoms with E-state index < -0.39 is 0 Å². The molecule has 0 unspecified atom stereocenters. The third-order valence-corrected chi connectivity index (χ3v) is 4.40. The third kappa shape index (κ3) is 5.85. The minimum atomic E-state index is -0.130. The number of hydrogen-bond donors (Lipinski definition) is 1. The number of amides is 1. The van der Waals surface area contributed by atoms with E-state index in [4.69, 9.17) is 12.2 Å². The van der Waals surface area contributed by atoms with Crippen LogP contribution >= 0.6 is 24.0 Å². The monoisotopic (exact) mass is 324 g/mol. The van der Waals surface area contributed by atoms with Gasteiger partial charge in [0.25, 0.3) is 0 Å². The summed E-state index contributed by atoms with van der Waals surface area (Å²) in [5.74, 6) is 0.229. The van der Waals surface area contributed by atoms with Crippen LogP contribution < -0.4 is 5.32 Å². The van der Waals surface area contributed by atoms with E-state index in [1.807, 2.05) is 18.7 Å². The predicted octanol–water partition coefficient (Wildman–Crippen LogP) is 3.19. The van der Waals surface area contributed by atoms with Crippen LogP contribution in [0, 0.1) is 0 Å². The number of thioether (sulfide) groups is 1. The molecular weight excluding hydrogens is 304 g/mol. The number of Topliss-reactive ketones (excluding diaryl/α,β-unsaturated/α-hetero) is 1. The number of carbonyl (C=O) groups is 2. The lowest BCUT2D eigenvalue weighted by Gasteiger charge is -2.20. The third-order valence-electron chi connectivity index (χ3n) is 2.88. The molecule has 21 heavy (non-hydrogen) atoms. The standard InChI is InChI=1S/C15H20N2O2S2/c1-4-17(5-2)15(20)21-10-14(19)12-6-8-13(9-7-12)16-11(3)18/h6-9H,4-5,10H2,1-3H3,(H,16,18). The Labute approximate surface area is 135 Å². The van der Waals surface area contributed by atoms with Crippen LogP contribution in [0.25, 0.3) is 0 Å². The van der Waals surface area contributed by atoms with Gasteiger partial charge in [-0.25, -0.2) is 0 Å². The van der Waals surface area contributed by atoms with Gasteiger partial charge >= 0.3 is 0 Å². The molecule has 0 heterocycles. The molecule has 0 atom stereocenters. The summed E-state index contributed by atoms with van der Waals surface area (Å²) in [6.45, 7) is 7.23. The first-order valence-electron chi connectivity index (χ1n) is 6.80. The summed E-state index contributed by atoms with van der Waals surface area (Å²) in [7, 11) is 0. The van der Waals surface area contributed by atoms with E-state index in [1.54, 1.807) is 24.3 Å². The van der Waals surface area contributed by atoms with Gasteiger partial charge in [0, 0.05) is 31.3 Å². The summed E-state index contributed by atoms with van der Waals surface area (Å²) in [5, 5.41) is 2.67. The first-order chi connectivity index (χ1) is 9.97. The fourth-order valence-corrected chi connectivity index (χ4v) is 3.02. The zero-order valence-electron chi connectivity index (χ0n) is 12.5. The van der Waals surface area contributed by atoms with E-state index in [2.05, 4.69) is 5.32 Å². The molecule has 0 fully saturated rings. The van der Waals surface area contributed by atoms with Crippen molar-refractivity contribution in [3.8, 4) is 0 Å². The maximum atomic E-state index is 12.1. The molecule has 0 spiro atoms. The largest absolute Gasteiger partial charge is 0.358 e. The Morgan fingerprint density at radius 2 is 1.76 bits per heavy atom. The van der Waals surface area contributed by atoms with Gasteiger partial charge in [-0.3, -0.25) is 9.59 Å². The fraction of sp³-hybridized carbons (Fsp3) is 0.400. The summed E-state index contributed by atoms with van der Waals surface area (Å²) in [5.41, 5.74) is 1.31. The lowest BCUT2D eigenvalue weighted by Crippen LogP contribution is -2.27. The van der Waals surface area contributed by atoms with Crippen molar-refractivity contribution in [1.29, 1.82) is 0 Å². The Morgan fingerprint density at radius 3 is 2.24 bits per heavy atom. The van der Waals surface area contributed by atoms with Crippen molar-refractivity contribution in [3.05, 3.63) is 29.8 Å². The molecule has 6 heteroatoms. The van der Waals surface area contributed by atoms with Crippen molar-refractivity contribution in [2.75, 3.05) is 24.2 Å². The number of rotatable bonds is 6. The highest BCUT2D eigenvalue weighted by molar-refractivity contribution is 8.23. The Kier molecular flexibility index (Phi) is 7.39. The zero-order chi connectivity index (χ0) is 15.8. The fourth-order valence-electron chi connectivity index (χ4n) is 1.73. The quantitative estimate of drug-likeness (QED) is 0.643. The topological polar surface area (TPSA) is 49.4 Å². The Hall–Kier alpha value is -1.40. The lowest BCUT2D eigenvalue weighted by molar-refractivity contribution is -0.114. The van der Waals surface area contributed by atoms with Crippen LogP contribution in [0.5, 0.6) is 0 Å². The minimum absolute atomic E-state index is 0.0314. The van der Waals surface area contributed by atoms with Crippen LogP contribution in [-0.4, -0.2) is 39.8 Å². The first-order valence-corrected chi connectivity index (χ1v) is 8.19. The second-order valence-electron chi connectivity index (χ2n) is 4.41. The summed E-state index contributed by atoms with van der Waals surface area (Å²) < 4.78 is 0.753. The molecule has 0 aliphatic carbocycles. The Bertz CT molecular complexity index is 511. The smallest absolute Gasteiger partial charge is 0.221 e. The number of nitrogens with one attached hydrogen (secondary N) is 1. The molecule has 4 nitrogen and oxygen atoms in total. The van der Waals surface area contributed by atoms with Crippen LogP contribution in [0.4, 0.5) is 5.69 Å². The maximum Gasteiger partial charge on any atom is 0.221 e. The summed E-state index contributed by atoms with van der Waals surface area (Å²) in [4.78, 5) is 25.1. The summed E-state index contributed by atoms with van der Waals surface area (Å²) >= 11 is 6.69. The van der Waals surface area contributed by atoms with Gasteiger partial charge in [-0.2, -0.15) is 0 Å². The molecule has 114 valence electrons. The van der Waals surface area contributed by atoms with Crippen LogP contribution in [0.2, 0.25) is 0 Å². The van der Waals surface area contributed by atoms with Crippen LogP contribution in [-0.2, 0) is 4.79 Å². The molecule has 0 aliphatic rings. The normalized spacial score (nSPS) is 10.0. The van der Waals surface area contributed by atoms with Gasteiger partial charge in [0.05, 0.1) is 5.75 Å². The molecule has 1 amide bonds. The number of carbonyl (C=O) groups excluding carboxylic acids is 2. The molecule has 0 aliphatic heterocycles. The predicted molar refractivity (Wildman–Crippen MR) is 93.1 cm³/mol. The van der Waals surface area contributed by atoms with Gasteiger partial charge in [0.15, 0.2) is 5.78 Å². The molecule has 1 aromatic rings. The van der Waals surface area contributed by atoms with Crippen molar-refractivity contribution in [2.24, 2.45) is 0 Å². The Balaban J connectivity index is 2.56. The number of benzene rings is 1. The number of thiocarbonyl (C=S) groups is 1. The molecule has 0 saturated heterocycles. The van der Waals surface area contributed by atoms with Crippen molar-refractivity contribution < 1.29 is 9.59 Å². The lowest BCUT2D eigenvalue weighted by atomic mass is 10.1. The second-order valence-corrected chi connectivity index (χ2v) is 6.02. The number of anilines is 1.